The minimum absolute atomic E-state index is 0.0163. The van der Waals surface area contributed by atoms with Gasteiger partial charge in [-0.15, -0.1) is 0 Å². The van der Waals surface area contributed by atoms with E-state index in [0.717, 1.165) is 37.7 Å². The quantitative estimate of drug-likeness (QED) is 0.138. The van der Waals surface area contributed by atoms with E-state index in [9.17, 15) is 19.8 Å². The molecule has 0 unspecified atom stereocenters. The number of esters is 2. The average molecular weight is 549 g/mol. The van der Waals surface area contributed by atoms with Crippen LogP contribution in [0.3, 0.4) is 0 Å². The van der Waals surface area contributed by atoms with E-state index in [1.54, 1.807) is 6.07 Å². The molecule has 0 saturated carbocycles. The Balaban J connectivity index is 1.82. The molecule has 0 aliphatic carbocycles. The topological polar surface area (TPSA) is 112 Å². The molecule has 0 atom stereocenters. The zero-order valence-electron chi connectivity index (χ0n) is 23.2. The number of aryl methyl sites for hydroxylation is 1. The summed E-state index contributed by atoms with van der Waals surface area (Å²) in [6.07, 6.45) is 6.13. The van der Waals surface area contributed by atoms with E-state index in [0.29, 0.717) is 30.4 Å². The highest BCUT2D eigenvalue weighted by atomic mass is 16.6. The molecule has 0 fully saturated rings. The Morgan fingerprint density at radius 1 is 0.900 bits per heavy atom. The van der Waals surface area contributed by atoms with Crippen molar-refractivity contribution in [3.63, 3.8) is 0 Å². The van der Waals surface area contributed by atoms with Crippen molar-refractivity contribution in [1.29, 1.82) is 0 Å². The first-order chi connectivity index (χ1) is 19.4. The van der Waals surface area contributed by atoms with Gasteiger partial charge in [0.25, 0.3) is 0 Å². The molecule has 0 radical (unpaired) electrons. The Kier molecular flexibility index (Phi) is 9.53. The lowest BCUT2D eigenvalue weighted by atomic mass is 9.98. The molecule has 8 heteroatoms. The summed E-state index contributed by atoms with van der Waals surface area (Å²) in [7, 11) is 1.43. The number of phenols is 2. The number of hydrogen-bond acceptors (Lipinski definition) is 8. The number of ether oxygens (including phenoxy) is 4. The Morgan fingerprint density at radius 3 is 2.27 bits per heavy atom. The number of methoxy groups -OCH3 is 1. The third kappa shape index (κ3) is 6.17. The van der Waals surface area contributed by atoms with Crippen molar-refractivity contribution < 1.29 is 38.7 Å². The summed E-state index contributed by atoms with van der Waals surface area (Å²) in [4.78, 5) is 26.7. The average Bonchev–Trinajstić information content (AvgIpc) is 3.10. The van der Waals surface area contributed by atoms with E-state index in [2.05, 4.69) is 13.8 Å². The third-order valence-electron chi connectivity index (χ3n) is 6.95. The van der Waals surface area contributed by atoms with Crippen LogP contribution in [0, 0.1) is 0 Å². The molecule has 2 N–H and O–H groups in total. The molecule has 0 amide bonds. The van der Waals surface area contributed by atoms with Gasteiger partial charge in [0, 0.05) is 11.6 Å². The zero-order valence-corrected chi connectivity index (χ0v) is 23.2. The van der Waals surface area contributed by atoms with E-state index >= 15 is 0 Å². The van der Waals surface area contributed by atoms with Crippen molar-refractivity contribution in [2.24, 2.45) is 0 Å². The second-order valence-corrected chi connectivity index (χ2v) is 9.83. The molecule has 212 valence electrons. The van der Waals surface area contributed by atoms with Crippen LogP contribution < -0.4 is 14.2 Å². The summed E-state index contributed by atoms with van der Waals surface area (Å²) in [5.41, 5.74) is 1.80. The maximum atomic E-state index is 13.4. The molecule has 40 heavy (non-hydrogen) atoms. The summed E-state index contributed by atoms with van der Waals surface area (Å²) >= 11 is 0. The van der Waals surface area contributed by atoms with Crippen LogP contribution in [0.1, 0.15) is 89.8 Å². The number of unbranched alkanes of at least 4 members (excludes halogenated alkanes) is 4. The number of fused-ring (bicyclic) bond motifs is 2. The lowest BCUT2D eigenvalue weighted by Gasteiger charge is -2.19. The fourth-order valence-corrected chi connectivity index (χ4v) is 4.85. The van der Waals surface area contributed by atoms with Crippen LogP contribution in [-0.4, -0.2) is 29.3 Å². The summed E-state index contributed by atoms with van der Waals surface area (Å²) in [5.74, 6) is -2.08. The molecule has 4 rings (SSSR count). The van der Waals surface area contributed by atoms with Gasteiger partial charge in [0.05, 0.1) is 7.11 Å². The first-order valence-electron chi connectivity index (χ1n) is 13.8. The lowest BCUT2D eigenvalue weighted by molar-refractivity contribution is 0.0467. The highest BCUT2D eigenvalue weighted by molar-refractivity contribution is 6.00. The zero-order chi connectivity index (χ0) is 28.6. The van der Waals surface area contributed by atoms with Gasteiger partial charge in [0.15, 0.2) is 23.0 Å². The maximum absolute atomic E-state index is 13.4. The van der Waals surface area contributed by atoms with Gasteiger partial charge >= 0.3 is 11.9 Å². The summed E-state index contributed by atoms with van der Waals surface area (Å²) in [5, 5.41) is 22.0. The lowest BCUT2D eigenvalue weighted by Crippen LogP contribution is -2.12. The van der Waals surface area contributed by atoms with Crippen molar-refractivity contribution in [3.8, 4) is 34.5 Å². The molecule has 0 bridgehead atoms. The third-order valence-corrected chi connectivity index (χ3v) is 6.95. The smallest absolute Gasteiger partial charge is 0.347 e. The second-order valence-electron chi connectivity index (χ2n) is 9.83. The van der Waals surface area contributed by atoms with Gasteiger partial charge in [-0.05, 0) is 42.9 Å². The van der Waals surface area contributed by atoms with Crippen LogP contribution in [0.15, 0.2) is 42.5 Å². The molecular weight excluding hydrogens is 512 g/mol. The highest BCUT2D eigenvalue weighted by Crippen LogP contribution is 2.51. The number of benzene rings is 3. The number of rotatable bonds is 12. The van der Waals surface area contributed by atoms with Crippen molar-refractivity contribution >= 4 is 11.9 Å². The number of carbonyl (C=O) groups is 2. The molecule has 3 aromatic carbocycles. The number of hydrogen-bond donors (Lipinski definition) is 2. The molecule has 1 aliphatic heterocycles. The minimum atomic E-state index is -0.731. The summed E-state index contributed by atoms with van der Waals surface area (Å²) in [6.45, 7) is 4.15. The molecule has 3 aromatic rings. The molecule has 1 aliphatic rings. The minimum Gasteiger partial charge on any atom is -0.507 e. The summed E-state index contributed by atoms with van der Waals surface area (Å²) in [6, 6.07) is 12.0. The van der Waals surface area contributed by atoms with Crippen molar-refractivity contribution in [1.82, 2.24) is 0 Å². The maximum Gasteiger partial charge on any atom is 0.347 e. The van der Waals surface area contributed by atoms with E-state index in [4.69, 9.17) is 18.9 Å². The van der Waals surface area contributed by atoms with Crippen LogP contribution in [0.25, 0.3) is 0 Å². The SMILES string of the molecule is CCCCCc1cc(OC)c(O)c2c1C(=O)Oc1cc(O)c(C(=O)OCc3ccccc3)c(CCCCC)c1O2. The van der Waals surface area contributed by atoms with E-state index in [1.807, 2.05) is 30.3 Å². The predicted octanol–water partition coefficient (Wildman–Crippen LogP) is 7.25. The van der Waals surface area contributed by atoms with Crippen LogP contribution in [0.4, 0.5) is 0 Å². The Bertz CT molecular complexity index is 1360. The van der Waals surface area contributed by atoms with E-state index in [-0.39, 0.29) is 52.2 Å². The fourth-order valence-electron chi connectivity index (χ4n) is 4.85. The van der Waals surface area contributed by atoms with Crippen molar-refractivity contribution in [3.05, 3.63) is 70.3 Å². The largest absolute Gasteiger partial charge is 0.507 e. The molecule has 8 nitrogen and oxygen atoms in total. The standard InChI is InChI=1S/C32H36O8/c1-4-6-9-15-21-17-24(37-3)28(34)30-26(21)32(36)39-25-18-23(33)27(22(29(25)40-30)16-10-7-5-2)31(35)38-19-20-13-11-8-12-14-20/h8,11-14,17-18,33-34H,4-7,9-10,15-16,19H2,1-3H3. The monoisotopic (exact) mass is 548 g/mol. The van der Waals surface area contributed by atoms with Gasteiger partial charge < -0.3 is 29.2 Å². The first-order valence-corrected chi connectivity index (χ1v) is 13.8. The summed E-state index contributed by atoms with van der Waals surface area (Å²) < 4.78 is 22.9. The fraction of sp³-hybridized carbons (Fsp3) is 0.375. The number of phenolic OH excluding ortho intramolecular Hbond substituents is 2. The Hall–Kier alpha value is -4.20. The Morgan fingerprint density at radius 2 is 1.60 bits per heavy atom. The second kappa shape index (κ2) is 13.2. The van der Waals surface area contributed by atoms with E-state index in [1.165, 1.54) is 13.2 Å². The molecular formula is C32H36O8. The number of carbonyl (C=O) groups excluding carboxylic acids is 2. The molecule has 1 heterocycles. The Labute approximate surface area is 234 Å². The molecule has 0 aromatic heterocycles. The van der Waals surface area contributed by atoms with Gasteiger partial charge in [-0.1, -0.05) is 69.9 Å². The van der Waals surface area contributed by atoms with Gasteiger partial charge in [-0.25, -0.2) is 9.59 Å². The first kappa shape index (κ1) is 28.8. The molecule has 0 saturated heterocycles. The van der Waals surface area contributed by atoms with Gasteiger partial charge in [0.2, 0.25) is 5.75 Å². The van der Waals surface area contributed by atoms with Crippen LogP contribution in [-0.2, 0) is 24.2 Å². The van der Waals surface area contributed by atoms with Crippen LogP contribution in [0.2, 0.25) is 0 Å². The van der Waals surface area contributed by atoms with Gasteiger partial charge in [0.1, 0.15) is 23.5 Å². The van der Waals surface area contributed by atoms with Gasteiger partial charge in [-0.3, -0.25) is 0 Å². The van der Waals surface area contributed by atoms with Crippen LogP contribution in [0.5, 0.6) is 34.5 Å². The normalized spacial score (nSPS) is 12.0. The predicted molar refractivity (Wildman–Crippen MR) is 150 cm³/mol. The number of aromatic hydroxyl groups is 2. The highest BCUT2D eigenvalue weighted by Gasteiger charge is 2.35. The van der Waals surface area contributed by atoms with Gasteiger partial charge in [-0.2, -0.15) is 0 Å². The van der Waals surface area contributed by atoms with Crippen molar-refractivity contribution in [2.45, 2.75) is 71.8 Å². The van der Waals surface area contributed by atoms with E-state index < -0.39 is 11.9 Å². The molecule has 0 spiro atoms. The van der Waals surface area contributed by atoms with Crippen LogP contribution >= 0.6 is 0 Å². The van der Waals surface area contributed by atoms with Crippen molar-refractivity contribution in [2.75, 3.05) is 7.11 Å².